The Kier molecular flexibility index (Phi) is 3.06. The van der Waals surface area contributed by atoms with Gasteiger partial charge in [-0.05, 0) is 23.6 Å². The lowest BCUT2D eigenvalue weighted by atomic mass is 10.0. The lowest BCUT2D eigenvalue weighted by Gasteiger charge is -2.10. The third kappa shape index (κ3) is 2.20. The molecule has 0 bridgehead atoms. The molecule has 0 aliphatic rings. The second kappa shape index (κ2) is 4.52. The molecule has 0 aliphatic carbocycles. The molecule has 0 saturated heterocycles. The van der Waals surface area contributed by atoms with Crippen molar-refractivity contribution in [2.24, 2.45) is 0 Å². The summed E-state index contributed by atoms with van der Waals surface area (Å²) in [5.41, 5.74) is 6.48. The Morgan fingerprint density at radius 2 is 1.78 bits per heavy atom. The van der Waals surface area contributed by atoms with Gasteiger partial charge >= 0.3 is 5.69 Å². The van der Waals surface area contributed by atoms with Crippen LogP contribution in [-0.4, -0.2) is 9.55 Å². The number of H-pyrrole nitrogens is 1. The molecule has 0 spiro atoms. The molecule has 0 saturated carbocycles. The zero-order valence-electron chi connectivity index (χ0n) is 10.3. The van der Waals surface area contributed by atoms with E-state index in [-0.39, 0.29) is 5.82 Å². The lowest BCUT2D eigenvalue weighted by molar-refractivity contribution is 0.861. The average molecular weight is 245 g/mol. The summed E-state index contributed by atoms with van der Waals surface area (Å²) in [7, 11) is 0. The molecule has 1 heterocycles. The number of aromatic amines is 1. The molecule has 0 atom stereocenters. The van der Waals surface area contributed by atoms with Gasteiger partial charge in [-0.1, -0.05) is 26.0 Å². The van der Waals surface area contributed by atoms with Gasteiger partial charge in [0.15, 0.2) is 0 Å². The van der Waals surface area contributed by atoms with Crippen LogP contribution in [0.5, 0.6) is 0 Å². The Labute approximate surface area is 104 Å². The van der Waals surface area contributed by atoms with E-state index in [0.717, 1.165) is 0 Å². The third-order valence-electron chi connectivity index (χ3n) is 2.79. The van der Waals surface area contributed by atoms with Crippen molar-refractivity contribution in [3.8, 4) is 5.69 Å². The Morgan fingerprint density at radius 1 is 1.17 bits per heavy atom. The molecule has 0 radical (unpaired) electrons. The standard InChI is InChI=1S/C13H15N3O2/c1-8(2)9-3-5-10(6-4-9)16-11(14)7-12(17)15-13(16)18/h3-8H,14H2,1-2H3,(H,15,17,18). The second-order valence-corrected chi connectivity index (χ2v) is 4.45. The van der Waals surface area contributed by atoms with Gasteiger partial charge < -0.3 is 5.73 Å². The summed E-state index contributed by atoms with van der Waals surface area (Å²) in [4.78, 5) is 25.0. The number of nitrogens with two attached hydrogens (primary N) is 1. The van der Waals surface area contributed by atoms with Crippen LogP contribution in [0.1, 0.15) is 25.3 Å². The fourth-order valence-corrected chi connectivity index (χ4v) is 1.79. The number of benzene rings is 1. The van der Waals surface area contributed by atoms with Crippen molar-refractivity contribution in [2.45, 2.75) is 19.8 Å². The van der Waals surface area contributed by atoms with Crippen molar-refractivity contribution in [2.75, 3.05) is 5.73 Å². The van der Waals surface area contributed by atoms with Crippen LogP contribution < -0.4 is 17.0 Å². The molecule has 94 valence electrons. The summed E-state index contributed by atoms with van der Waals surface area (Å²) in [6.07, 6.45) is 0. The molecule has 3 N–H and O–H groups in total. The number of aromatic nitrogens is 2. The zero-order chi connectivity index (χ0) is 13.3. The van der Waals surface area contributed by atoms with Crippen LogP contribution in [0.15, 0.2) is 39.9 Å². The number of hydrogen-bond acceptors (Lipinski definition) is 3. The fourth-order valence-electron chi connectivity index (χ4n) is 1.79. The van der Waals surface area contributed by atoms with Gasteiger partial charge in [-0.3, -0.25) is 9.78 Å². The molecule has 0 unspecified atom stereocenters. The van der Waals surface area contributed by atoms with Crippen molar-refractivity contribution in [3.63, 3.8) is 0 Å². The maximum atomic E-state index is 11.7. The first kappa shape index (κ1) is 12.2. The molecule has 18 heavy (non-hydrogen) atoms. The highest BCUT2D eigenvalue weighted by atomic mass is 16.2. The number of nitrogen functional groups attached to an aromatic ring is 1. The highest BCUT2D eigenvalue weighted by Crippen LogP contribution is 2.16. The van der Waals surface area contributed by atoms with E-state index < -0.39 is 11.2 Å². The Bertz CT molecular complexity index is 666. The average Bonchev–Trinajstić information content (AvgIpc) is 2.28. The Morgan fingerprint density at radius 3 is 2.28 bits per heavy atom. The first-order valence-corrected chi connectivity index (χ1v) is 5.71. The van der Waals surface area contributed by atoms with E-state index in [9.17, 15) is 9.59 Å². The number of hydrogen-bond donors (Lipinski definition) is 2. The van der Waals surface area contributed by atoms with Gasteiger partial charge in [-0.15, -0.1) is 0 Å². The Hall–Kier alpha value is -2.30. The minimum Gasteiger partial charge on any atom is -0.385 e. The predicted molar refractivity (Wildman–Crippen MR) is 71.2 cm³/mol. The first-order valence-electron chi connectivity index (χ1n) is 5.71. The largest absolute Gasteiger partial charge is 0.385 e. The van der Waals surface area contributed by atoms with Gasteiger partial charge in [-0.2, -0.15) is 0 Å². The van der Waals surface area contributed by atoms with Gasteiger partial charge in [0.05, 0.1) is 5.69 Å². The SMILES string of the molecule is CC(C)c1ccc(-n2c(N)cc(=O)[nH]c2=O)cc1. The summed E-state index contributed by atoms with van der Waals surface area (Å²) in [6.45, 7) is 4.19. The monoisotopic (exact) mass is 245 g/mol. The quantitative estimate of drug-likeness (QED) is 0.835. The van der Waals surface area contributed by atoms with Crippen LogP contribution >= 0.6 is 0 Å². The summed E-state index contributed by atoms with van der Waals surface area (Å²) >= 11 is 0. The third-order valence-corrected chi connectivity index (χ3v) is 2.79. The van der Waals surface area contributed by atoms with Gasteiger partial charge in [0.1, 0.15) is 5.82 Å². The maximum Gasteiger partial charge on any atom is 0.334 e. The highest BCUT2D eigenvalue weighted by Gasteiger charge is 2.06. The normalized spacial score (nSPS) is 10.8. The molecule has 0 fully saturated rings. The van der Waals surface area contributed by atoms with Crippen molar-refractivity contribution in [1.29, 1.82) is 0 Å². The molecule has 0 amide bonds. The van der Waals surface area contributed by atoms with E-state index in [2.05, 4.69) is 18.8 Å². The fraction of sp³-hybridized carbons (Fsp3) is 0.231. The predicted octanol–water partition coefficient (Wildman–Crippen LogP) is 1.23. The Balaban J connectivity index is 2.56. The van der Waals surface area contributed by atoms with E-state index in [1.807, 2.05) is 24.3 Å². The molecule has 5 heteroatoms. The minimum absolute atomic E-state index is 0.126. The number of nitrogens with zero attached hydrogens (tertiary/aromatic N) is 1. The lowest BCUT2D eigenvalue weighted by Crippen LogP contribution is -2.30. The van der Waals surface area contributed by atoms with E-state index in [0.29, 0.717) is 11.6 Å². The smallest absolute Gasteiger partial charge is 0.334 e. The first-order chi connectivity index (χ1) is 8.49. The maximum absolute atomic E-state index is 11.7. The van der Waals surface area contributed by atoms with Crippen LogP contribution in [-0.2, 0) is 0 Å². The molecule has 0 aliphatic heterocycles. The summed E-state index contributed by atoms with van der Waals surface area (Å²) in [5.74, 6) is 0.546. The van der Waals surface area contributed by atoms with E-state index in [1.54, 1.807) is 0 Å². The number of nitrogens with one attached hydrogen (secondary N) is 1. The van der Waals surface area contributed by atoms with Crippen molar-refractivity contribution in [3.05, 3.63) is 56.7 Å². The van der Waals surface area contributed by atoms with Crippen LogP contribution in [0.25, 0.3) is 5.69 Å². The van der Waals surface area contributed by atoms with Crippen LogP contribution in [0.3, 0.4) is 0 Å². The van der Waals surface area contributed by atoms with E-state index in [1.165, 1.54) is 16.2 Å². The molecule has 1 aromatic carbocycles. The van der Waals surface area contributed by atoms with Crippen molar-refractivity contribution < 1.29 is 0 Å². The summed E-state index contributed by atoms with van der Waals surface area (Å²) in [5, 5.41) is 0. The van der Waals surface area contributed by atoms with Crippen molar-refractivity contribution in [1.82, 2.24) is 9.55 Å². The van der Waals surface area contributed by atoms with Gasteiger partial charge in [-0.25, -0.2) is 9.36 Å². The molecule has 5 nitrogen and oxygen atoms in total. The van der Waals surface area contributed by atoms with Gasteiger partial charge in [0, 0.05) is 6.07 Å². The number of rotatable bonds is 2. The van der Waals surface area contributed by atoms with Gasteiger partial charge in [0.25, 0.3) is 5.56 Å². The van der Waals surface area contributed by atoms with Crippen LogP contribution in [0.2, 0.25) is 0 Å². The second-order valence-electron chi connectivity index (χ2n) is 4.45. The highest BCUT2D eigenvalue weighted by molar-refractivity contribution is 5.43. The number of anilines is 1. The van der Waals surface area contributed by atoms with Gasteiger partial charge in [0.2, 0.25) is 0 Å². The van der Waals surface area contributed by atoms with Crippen LogP contribution in [0, 0.1) is 0 Å². The van der Waals surface area contributed by atoms with Crippen molar-refractivity contribution >= 4 is 5.82 Å². The molecular formula is C13H15N3O2. The summed E-state index contributed by atoms with van der Waals surface area (Å²) < 4.78 is 1.27. The molecule has 1 aromatic heterocycles. The zero-order valence-corrected chi connectivity index (χ0v) is 10.3. The molecule has 2 rings (SSSR count). The minimum atomic E-state index is -0.530. The summed E-state index contributed by atoms with van der Waals surface area (Å²) in [6, 6.07) is 8.70. The topological polar surface area (TPSA) is 80.9 Å². The molecule has 2 aromatic rings. The van der Waals surface area contributed by atoms with E-state index in [4.69, 9.17) is 5.73 Å². The van der Waals surface area contributed by atoms with E-state index >= 15 is 0 Å². The van der Waals surface area contributed by atoms with Crippen LogP contribution in [0.4, 0.5) is 5.82 Å². The molecular weight excluding hydrogens is 230 g/mol.